The Morgan fingerprint density at radius 1 is 1.08 bits per heavy atom. The Balaban J connectivity index is 1.75. The third kappa shape index (κ3) is 4.54. The van der Waals surface area contributed by atoms with Crippen LogP contribution in [0.4, 0.5) is 0 Å². The minimum Gasteiger partial charge on any atom is -0.507 e. The molecule has 0 saturated carbocycles. The van der Waals surface area contributed by atoms with Crippen molar-refractivity contribution in [1.29, 1.82) is 0 Å². The van der Waals surface area contributed by atoms with Gasteiger partial charge in [-0.3, -0.25) is 4.79 Å². The van der Waals surface area contributed by atoms with Gasteiger partial charge in [0.2, 0.25) is 5.91 Å². The zero-order valence-electron chi connectivity index (χ0n) is 13.8. The van der Waals surface area contributed by atoms with E-state index in [-0.39, 0.29) is 11.7 Å². The fourth-order valence-corrected chi connectivity index (χ4v) is 3.92. The SMILES string of the molecule is O=C(C=Cc1ccc(Sc2ccccc2O)c(Cl)c1Cl)N1CCOCC1. The number of hydrogen-bond acceptors (Lipinski definition) is 4. The van der Waals surface area contributed by atoms with Gasteiger partial charge in [0.25, 0.3) is 0 Å². The van der Waals surface area contributed by atoms with Crippen molar-refractivity contribution in [3.05, 3.63) is 58.1 Å². The van der Waals surface area contributed by atoms with Gasteiger partial charge in [-0.05, 0) is 29.8 Å². The molecular weight excluding hydrogens is 393 g/mol. The van der Waals surface area contributed by atoms with Gasteiger partial charge in [-0.2, -0.15) is 0 Å². The van der Waals surface area contributed by atoms with Crippen molar-refractivity contribution in [1.82, 2.24) is 4.90 Å². The van der Waals surface area contributed by atoms with E-state index in [1.165, 1.54) is 17.8 Å². The molecule has 26 heavy (non-hydrogen) atoms. The van der Waals surface area contributed by atoms with E-state index < -0.39 is 0 Å². The summed E-state index contributed by atoms with van der Waals surface area (Å²) in [5, 5.41) is 10.7. The molecular formula is C19H17Cl2NO3S. The molecule has 0 unspecified atom stereocenters. The monoisotopic (exact) mass is 409 g/mol. The van der Waals surface area contributed by atoms with E-state index in [2.05, 4.69) is 0 Å². The van der Waals surface area contributed by atoms with Gasteiger partial charge in [0.1, 0.15) is 5.75 Å². The molecule has 136 valence electrons. The van der Waals surface area contributed by atoms with Gasteiger partial charge in [-0.1, -0.05) is 53.2 Å². The maximum absolute atomic E-state index is 12.2. The number of carbonyl (C=O) groups is 1. The van der Waals surface area contributed by atoms with Crippen LogP contribution in [0.2, 0.25) is 10.0 Å². The summed E-state index contributed by atoms with van der Waals surface area (Å²) in [6.45, 7) is 2.30. The van der Waals surface area contributed by atoms with E-state index in [4.69, 9.17) is 27.9 Å². The fraction of sp³-hybridized carbons (Fsp3) is 0.211. The van der Waals surface area contributed by atoms with Crippen LogP contribution in [0.15, 0.2) is 52.3 Å². The first kappa shape index (κ1) is 19.1. The van der Waals surface area contributed by atoms with Gasteiger partial charge in [-0.25, -0.2) is 0 Å². The maximum atomic E-state index is 12.2. The molecule has 1 aliphatic heterocycles. The molecule has 0 aliphatic carbocycles. The van der Waals surface area contributed by atoms with Crippen molar-refractivity contribution in [2.45, 2.75) is 9.79 Å². The molecule has 0 bridgehead atoms. The number of phenolic OH excluding ortho intramolecular Hbond substituents is 1. The first-order chi connectivity index (χ1) is 12.6. The lowest BCUT2D eigenvalue weighted by Crippen LogP contribution is -2.39. The molecule has 1 saturated heterocycles. The highest BCUT2D eigenvalue weighted by Crippen LogP contribution is 2.41. The van der Waals surface area contributed by atoms with E-state index >= 15 is 0 Å². The molecule has 0 radical (unpaired) electrons. The number of carbonyl (C=O) groups excluding carboxylic acids is 1. The van der Waals surface area contributed by atoms with E-state index in [9.17, 15) is 9.90 Å². The lowest BCUT2D eigenvalue weighted by molar-refractivity contribution is -0.129. The molecule has 1 amide bonds. The van der Waals surface area contributed by atoms with Crippen molar-refractivity contribution in [2.75, 3.05) is 26.3 Å². The second-order valence-electron chi connectivity index (χ2n) is 5.62. The molecule has 2 aromatic carbocycles. The predicted molar refractivity (Wildman–Crippen MR) is 105 cm³/mol. The van der Waals surface area contributed by atoms with E-state index in [0.29, 0.717) is 46.8 Å². The van der Waals surface area contributed by atoms with Crippen LogP contribution in [-0.2, 0) is 9.53 Å². The molecule has 0 aromatic heterocycles. The highest BCUT2D eigenvalue weighted by Gasteiger charge is 2.15. The van der Waals surface area contributed by atoms with Crippen LogP contribution in [0.3, 0.4) is 0 Å². The third-order valence-corrected chi connectivity index (χ3v) is 6.02. The van der Waals surface area contributed by atoms with Crippen LogP contribution in [0.5, 0.6) is 5.75 Å². The summed E-state index contributed by atoms with van der Waals surface area (Å²) in [6, 6.07) is 10.6. The molecule has 1 heterocycles. The fourth-order valence-electron chi connectivity index (χ4n) is 2.47. The van der Waals surface area contributed by atoms with E-state index in [1.54, 1.807) is 35.2 Å². The van der Waals surface area contributed by atoms with Crippen LogP contribution >= 0.6 is 35.0 Å². The minimum absolute atomic E-state index is 0.0758. The number of nitrogens with zero attached hydrogens (tertiary/aromatic N) is 1. The van der Waals surface area contributed by atoms with Gasteiger partial charge < -0.3 is 14.7 Å². The number of amides is 1. The highest BCUT2D eigenvalue weighted by molar-refractivity contribution is 7.99. The number of para-hydroxylation sites is 1. The largest absolute Gasteiger partial charge is 0.507 e. The van der Waals surface area contributed by atoms with Crippen molar-refractivity contribution >= 4 is 46.9 Å². The zero-order chi connectivity index (χ0) is 18.5. The van der Waals surface area contributed by atoms with Crippen LogP contribution in [0, 0.1) is 0 Å². The lowest BCUT2D eigenvalue weighted by atomic mass is 10.2. The van der Waals surface area contributed by atoms with Gasteiger partial charge in [0, 0.05) is 24.1 Å². The summed E-state index contributed by atoms with van der Waals surface area (Å²) in [4.78, 5) is 15.3. The lowest BCUT2D eigenvalue weighted by Gasteiger charge is -2.25. The number of ether oxygens (including phenoxy) is 1. The molecule has 1 aliphatic rings. The van der Waals surface area contributed by atoms with Gasteiger partial charge in [0.15, 0.2) is 0 Å². The number of halogens is 2. The quantitative estimate of drug-likeness (QED) is 0.741. The molecule has 1 N–H and O–H groups in total. The van der Waals surface area contributed by atoms with Crippen LogP contribution in [0.25, 0.3) is 6.08 Å². The molecule has 1 fully saturated rings. The Bertz CT molecular complexity index is 836. The summed E-state index contributed by atoms with van der Waals surface area (Å²) >= 11 is 14.1. The van der Waals surface area contributed by atoms with Gasteiger partial charge in [-0.15, -0.1) is 0 Å². The average Bonchev–Trinajstić information content (AvgIpc) is 2.67. The minimum atomic E-state index is -0.0758. The Kier molecular flexibility index (Phi) is 6.48. The molecule has 2 aromatic rings. The summed E-state index contributed by atoms with van der Waals surface area (Å²) in [7, 11) is 0. The highest BCUT2D eigenvalue weighted by atomic mass is 35.5. The van der Waals surface area contributed by atoms with Crippen molar-refractivity contribution in [3.8, 4) is 5.75 Å². The Morgan fingerprint density at radius 2 is 1.81 bits per heavy atom. The Hall–Kier alpha value is -1.66. The first-order valence-corrected chi connectivity index (χ1v) is 9.62. The van der Waals surface area contributed by atoms with Crippen molar-refractivity contribution in [3.63, 3.8) is 0 Å². The number of benzene rings is 2. The topological polar surface area (TPSA) is 49.8 Å². The van der Waals surface area contributed by atoms with Gasteiger partial charge in [0.05, 0.1) is 28.2 Å². The number of phenols is 1. The number of aromatic hydroxyl groups is 1. The molecule has 4 nitrogen and oxygen atoms in total. The van der Waals surface area contributed by atoms with Crippen LogP contribution in [0.1, 0.15) is 5.56 Å². The molecule has 7 heteroatoms. The van der Waals surface area contributed by atoms with Crippen LogP contribution < -0.4 is 0 Å². The Labute approximate surface area is 166 Å². The number of hydrogen-bond donors (Lipinski definition) is 1. The second kappa shape index (κ2) is 8.82. The summed E-state index contributed by atoms with van der Waals surface area (Å²) in [5.41, 5.74) is 0.667. The predicted octanol–water partition coefficient (Wildman–Crippen LogP) is 4.72. The van der Waals surface area contributed by atoms with Gasteiger partial charge >= 0.3 is 0 Å². The van der Waals surface area contributed by atoms with Crippen molar-refractivity contribution in [2.24, 2.45) is 0 Å². The van der Waals surface area contributed by atoms with Crippen LogP contribution in [-0.4, -0.2) is 42.2 Å². The summed E-state index contributed by atoms with van der Waals surface area (Å²) < 4.78 is 5.24. The number of morpholine rings is 1. The summed E-state index contributed by atoms with van der Waals surface area (Å²) in [6.07, 6.45) is 3.17. The average molecular weight is 410 g/mol. The molecule has 0 spiro atoms. The third-order valence-electron chi connectivity index (χ3n) is 3.89. The second-order valence-corrected chi connectivity index (χ2v) is 7.46. The summed E-state index contributed by atoms with van der Waals surface area (Å²) in [5.74, 6) is 0.109. The molecule has 3 rings (SSSR count). The molecule has 0 atom stereocenters. The normalized spacial score (nSPS) is 14.8. The standard InChI is InChI=1S/C19H17Cl2NO3S/c20-18-13(6-8-17(24)22-9-11-25-12-10-22)5-7-16(19(18)21)26-15-4-2-1-3-14(15)23/h1-8,23H,9-12H2. The van der Waals surface area contributed by atoms with Crippen molar-refractivity contribution < 1.29 is 14.6 Å². The first-order valence-electron chi connectivity index (χ1n) is 8.05. The van der Waals surface area contributed by atoms with E-state index in [1.807, 2.05) is 12.1 Å². The van der Waals surface area contributed by atoms with E-state index in [0.717, 1.165) is 4.90 Å². The zero-order valence-corrected chi connectivity index (χ0v) is 16.2. The maximum Gasteiger partial charge on any atom is 0.246 e. The number of rotatable bonds is 4. The Morgan fingerprint density at radius 3 is 2.54 bits per heavy atom. The smallest absolute Gasteiger partial charge is 0.246 e.